The maximum Gasteiger partial charge on any atom is 0.523 e. The third-order valence-electron chi connectivity index (χ3n) is 2.57. The first-order valence-corrected chi connectivity index (χ1v) is 8.06. The zero-order valence-corrected chi connectivity index (χ0v) is 13.6. The van der Waals surface area contributed by atoms with E-state index in [2.05, 4.69) is 20.3 Å². The average molecular weight is 327 g/mol. The molecule has 0 amide bonds. The molecule has 10 heteroatoms. The molecule has 0 spiro atoms. The summed E-state index contributed by atoms with van der Waals surface area (Å²) in [6.07, 6.45) is 0.683. The second-order valence-corrected chi connectivity index (χ2v) is 7.32. The molecular weight excluding hydrogens is 311 g/mol. The summed E-state index contributed by atoms with van der Waals surface area (Å²) in [6, 6.07) is 0. The molecule has 0 bridgehead atoms. The number of hydrogen-bond donors (Lipinski definition) is 1. The van der Waals surface area contributed by atoms with Gasteiger partial charge in [0.15, 0.2) is 0 Å². The van der Waals surface area contributed by atoms with Gasteiger partial charge in [0.1, 0.15) is 0 Å². The lowest BCUT2D eigenvalue weighted by Gasteiger charge is -2.32. The van der Waals surface area contributed by atoms with Crippen LogP contribution in [0.15, 0.2) is 0 Å². The maximum atomic E-state index is 5.72. The first-order chi connectivity index (χ1) is 9.01. The van der Waals surface area contributed by atoms with Crippen LogP contribution in [0.5, 0.6) is 0 Å². The lowest BCUT2D eigenvalue weighted by Crippen LogP contribution is -2.57. The van der Waals surface area contributed by atoms with E-state index in [1.807, 2.05) is 6.92 Å². The van der Waals surface area contributed by atoms with Crippen molar-refractivity contribution in [2.75, 3.05) is 26.6 Å². The molecule has 1 aromatic rings. The van der Waals surface area contributed by atoms with Crippen LogP contribution in [0.3, 0.4) is 0 Å². The summed E-state index contributed by atoms with van der Waals surface area (Å²) < 4.78 is 16.3. The smallest absolute Gasteiger partial charge is 0.376 e. The second-order valence-electron chi connectivity index (χ2n) is 3.52. The molecule has 0 fully saturated rings. The van der Waals surface area contributed by atoms with E-state index in [1.54, 1.807) is 0 Å². The Labute approximate surface area is 123 Å². The van der Waals surface area contributed by atoms with Crippen LogP contribution in [0.25, 0.3) is 0 Å². The minimum absolute atomic E-state index is 0.0110. The van der Waals surface area contributed by atoms with Gasteiger partial charge in [0.05, 0.1) is 5.67 Å². The number of hydrogen-bond acceptors (Lipinski definition) is 7. The molecule has 108 valence electrons. The van der Waals surface area contributed by atoms with Crippen molar-refractivity contribution >= 4 is 38.0 Å². The Morgan fingerprint density at radius 3 is 1.89 bits per heavy atom. The van der Waals surface area contributed by atoms with Gasteiger partial charge in [-0.25, -0.2) is 0 Å². The number of aromatic nitrogens is 3. The van der Waals surface area contributed by atoms with Gasteiger partial charge in [-0.15, -0.1) is 0 Å². The zero-order valence-electron chi connectivity index (χ0n) is 11.1. The van der Waals surface area contributed by atoms with Crippen LogP contribution in [0.1, 0.15) is 13.3 Å². The Morgan fingerprint density at radius 2 is 1.53 bits per heavy atom. The highest BCUT2D eigenvalue weighted by Gasteiger charge is 2.47. The van der Waals surface area contributed by atoms with Crippen molar-refractivity contribution in [2.24, 2.45) is 0 Å². The highest BCUT2D eigenvalue weighted by atomic mass is 35.5. The van der Waals surface area contributed by atoms with Crippen LogP contribution in [0, 0.1) is 0 Å². The average Bonchev–Trinajstić information content (AvgIpc) is 2.38. The summed E-state index contributed by atoms with van der Waals surface area (Å²) in [5.74, 6) is 0.250. The van der Waals surface area contributed by atoms with Crippen LogP contribution in [-0.2, 0) is 13.3 Å². The molecule has 1 N–H and O–H groups in total. The van der Waals surface area contributed by atoms with Gasteiger partial charge in [-0.2, -0.15) is 15.0 Å². The van der Waals surface area contributed by atoms with Gasteiger partial charge in [-0.3, -0.25) is 0 Å². The molecule has 0 radical (unpaired) electrons. The van der Waals surface area contributed by atoms with Crippen molar-refractivity contribution in [3.05, 3.63) is 10.6 Å². The first-order valence-electron chi connectivity index (χ1n) is 5.50. The minimum atomic E-state index is -2.86. The SMILES string of the molecule is CCC(Nc1nc(Cl)nc(Cl)n1)[Si](OC)(OC)OC. The molecule has 1 rings (SSSR count). The molecule has 1 atom stereocenters. The second kappa shape index (κ2) is 7.32. The summed E-state index contributed by atoms with van der Waals surface area (Å²) in [4.78, 5) is 11.6. The number of anilines is 1. The molecule has 0 aliphatic heterocycles. The number of nitrogens with zero attached hydrogens (tertiary/aromatic N) is 3. The summed E-state index contributed by atoms with van der Waals surface area (Å²) in [5.41, 5.74) is -0.234. The van der Waals surface area contributed by atoms with E-state index < -0.39 is 8.80 Å². The lowest BCUT2D eigenvalue weighted by atomic mass is 10.5. The van der Waals surface area contributed by atoms with Crippen molar-refractivity contribution in [3.8, 4) is 0 Å². The standard InChI is InChI=1S/C9H16Cl2N4O3Si/c1-5-6(19(16-2,17-3)18-4)12-9-14-7(10)13-8(11)15-9/h6H,5H2,1-4H3,(H,12,13,14,15). The predicted octanol–water partition coefficient (Wildman–Crippen LogP) is 1.79. The van der Waals surface area contributed by atoms with E-state index in [9.17, 15) is 0 Å². The maximum absolute atomic E-state index is 5.72. The zero-order chi connectivity index (χ0) is 14.5. The van der Waals surface area contributed by atoms with Gasteiger partial charge in [0.2, 0.25) is 16.5 Å². The summed E-state index contributed by atoms with van der Waals surface area (Å²) in [5, 5.41) is 3.08. The Bertz CT molecular complexity index is 394. The number of rotatable bonds is 7. The molecular formula is C9H16Cl2N4O3Si. The van der Waals surface area contributed by atoms with E-state index in [-0.39, 0.29) is 22.2 Å². The lowest BCUT2D eigenvalue weighted by molar-refractivity contribution is 0.114. The van der Waals surface area contributed by atoms with Crippen molar-refractivity contribution in [1.29, 1.82) is 0 Å². The number of nitrogens with one attached hydrogen (secondary N) is 1. The molecule has 1 aromatic heterocycles. The fourth-order valence-electron chi connectivity index (χ4n) is 1.66. The fourth-order valence-corrected chi connectivity index (χ4v) is 4.19. The normalized spacial score (nSPS) is 13.4. The van der Waals surface area contributed by atoms with E-state index in [0.29, 0.717) is 6.42 Å². The first kappa shape index (κ1) is 16.5. The van der Waals surface area contributed by atoms with Gasteiger partial charge >= 0.3 is 8.80 Å². The predicted molar refractivity (Wildman–Crippen MR) is 74.3 cm³/mol. The van der Waals surface area contributed by atoms with E-state index in [0.717, 1.165) is 0 Å². The minimum Gasteiger partial charge on any atom is -0.376 e. The molecule has 0 saturated carbocycles. The van der Waals surface area contributed by atoms with E-state index in [4.69, 9.17) is 36.5 Å². The van der Waals surface area contributed by atoms with Crippen LogP contribution in [-0.4, -0.2) is 50.8 Å². The Balaban J connectivity index is 2.98. The van der Waals surface area contributed by atoms with Crippen LogP contribution < -0.4 is 5.32 Å². The van der Waals surface area contributed by atoms with Crippen LogP contribution >= 0.6 is 23.2 Å². The van der Waals surface area contributed by atoms with Gasteiger partial charge in [0.25, 0.3) is 0 Å². The van der Waals surface area contributed by atoms with Crippen LogP contribution in [0.2, 0.25) is 10.6 Å². The van der Waals surface area contributed by atoms with Gasteiger partial charge in [-0.1, -0.05) is 6.92 Å². The third-order valence-corrected chi connectivity index (χ3v) is 6.02. The quantitative estimate of drug-likeness (QED) is 0.765. The van der Waals surface area contributed by atoms with E-state index >= 15 is 0 Å². The number of halogens is 2. The topological polar surface area (TPSA) is 78.4 Å². The van der Waals surface area contributed by atoms with Gasteiger partial charge < -0.3 is 18.6 Å². The third kappa shape index (κ3) is 3.97. The van der Waals surface area contributed by atoms with Crippen molar-refractivity contribution in [3.63, 3.8) is 0 Å². The van der Waals surface area contributed by atoms with Crippen molar-refractivity contribution in [2.45, 2.75) is 19.0 Å². The largest absolute Gasteiger partial charge is 0.523 e. The molecule has 1 unspecified atom stereocenters. The van der Waals surface area contributed by atoms with Crippen molar-refractivity contribution in [1.82, 2.24) is 15.0 Å². The molecule has 1 heterocycles. The van der Waals surface area contributed by atoms with Crippen LogP contribution in [0.4, 0.5) is 5.95 Å². The van der Waals surface area contributed by atoms with Gasteiger partial charge in [0, 0.05) is 21.3 Å². The highest BCUT2D eigenvalue weighted by molar-refractivity contribution is 6.63. The summed E-state index contributed by atoms with van der Waals surface area (Å²) >= 11 is 11.4. The van der Waals surface area contributed by atoms with Gasteiger partial charge in [-0.05, 0) is 29.6 Å². The fraction of sp³-hybridized carbons (Fsp3) is 0.667. The molecule has 0 aliphatic rings. The molecule has 19 heavy (non-hydrogen) atoms. The molecule has 0 aliphatic carbocycles. The Kier molecular flexibility index (Phi) is 6.37. The van der Waals surface area contributed by atoms with Crippen molar-refractivity contribution < 1.29 is 13.3 Å². The Morgan fingerprint density at radius 1 is 1.05 bits per heavy atom. The monoisotopic (exact) mass is 326 g/mol. The highest BCUT2D eigenvalue weighted by Crippen LogP contribution is 2.19. The molecule has 0 saturated heterocycles. The molecule has 7 nitrogen and oxygen atoms in total. The summed E-state index contributed by atoms with van der Waals surface area (Å²) in [7, 11) is 1.75. The summed E-state index contributed by atoms with van der Waals surface area (Å²) in [6.45, 7) is 1.96. The van der Waals surface area contributed by atoms with E-state index in [1.165, 1.54) is 21.3 Å². The molecule has 0 aromatic carbocycles. The Hall–Kier alpha value is -0.513.